The van der Waals surface area contributed by atoms with E-state index in [0.717, 1.165) is 30.2 Å². The van der Waals surface area contributed by atoms with Crippen molar-refractivity contribution in [1.82, 2.24) is 10.1 Å². The minimum Gasteiger partial charge on any atom is -0.469 e. The topological polar surface area (TPSA) is 65.2 Å². The number of methoxy groups -OCH3 is 1. The number of aryl methyl sites for hydroxylation is 1. The zero-order valence-corrected chi connectivity index (χ0v) is 10.9. The van der Waals surface area contributed by atoms with Gasteiger partial charge in [-0.25, -0.2) is 0 Å². The van der Waals surface area contributed by atoms with Crippen LogP contribution in [0.3, 0.4) is 0 Å². The van der Waals surface area contributed by atoms with E-state index < -0.39 is 0 Å². The maximum Gasteiger partial charge on any atom is 0.306 e. The number of hydrogen-bond donors (Lipinski definition) is 0. The lowest BCUT2D eigenvalue weighted by molar-refractivity contribution is -0.141. The SMILES string of the molecule is COC(=O)CC1(CSCc2noc(C)n2)CC1. The number of rotatable bonds is 6. The van der Waals surface area contributed by atoms with E-state index in [1.54, 1.807) is 18.7 Å². The first-order chi connectivity index (χ1) is 8.13. The normalized spacial score (nSPS) is 16.8. The summed E-state index contributed by atoms with van der Waals surface area (Å²) < 4.78 is 9.60. The smallest absolute Gasteiger partial charge is 0.306 e. The average Bonchev–Trinajstić information content (AvgIpc) is 2.93. The molecule has 1 aromatic heterocycles. The van der Waals surface area contributed by atoms with Gasteiger partial charge in [0.05, 0.1) is 19.3 Å². The van der Waals surface area contributed by atoms with Crippen molar-refractivity contribution in [2.45, 2.75) is 31.9 Å². The Morgan fingerprint density at radius 2 is 2.35 bits per heavy atom. The van der Waals surface area contributed by atoms with Crippen molar-refractivity contribution in [2.75, 3.05) is 12.9 Å². The molecule has 0 saturated heterocycles. The third kappa shape index (κ3) is 3.46. The molecule has 6 heteroatoms. The molecule has 1 aliphatic rings. The number of hydrogen-bond acceptors (Lipinski definition) is 6. The van der Waals surface area contributed by atoms with Crippen LogP contribution in [0.5, 0.6) is 0 Å². The molecule has 0 radical (unpaired) electrons. The standard InChI is InChI=1S/C11H16N2O3S/c1-8-12-9(13-16-8)6-17-7-11(3-4-11)5-10(14)15-2/h3-7H2,1-2H3. The highest BCUT2D eigenvalue weighted by atomic mass is 32.2. The van der Waals surface area contributed by atoms with Crippen LogP contribution in [0.1, 0.15) is 31.0 Å². The molecule has 1 aromatic rings. The number of carbonyl (C=O) groups excluding carboxylic acids is 1. The van der Waals surface area contributed by atoms with Crippen molar-refractivity contribution < 1.29 is 14.1 Å². The Morgan fingerprint density at radius 3 is 2.88 bits per heavy atom. The summed E-state index contributed by atoms with van der Waals surface area (Å²) in [4.78, 5) is 15.4. The molecule has 1 saturated carbocycles. The van der Waals surface area contributed by atoms with E-state index in [1.165, 1.54) is 7.11 Å². The van der Waals surface area contributed by atoms with Crippen molar-refractivity contribution in [2.24, 2.45) is 5.41 Å². The van der Waals surface area contributed by atoms with Crippen molar-refractivity contribution in [3.63, 3.8) is 0 Å². The van der Waals surface area contributed by atoms with Crippen LogP contribution >= 0.6 is 11.8 Å². The van der Waals surface area contributed by atoms with Gasteiger partial charge in [0.1, 0.15) is 0 Å². The van der Waals surface area contributed by atoms with Crippen molar-refractivity contribution in [3.05, 3.63) is 11.7 Å². The van der Waals surface area contributed by atoms with Crippen LogP contribution in [-0.2, 0) is 15.3 Å². The second-order valence-corrected chi connectivity index (χ2v) is 5.46. The number of nitrogens with zero attached hydrogens (tertiary/aromatic N) is 2. The maximum absolute atomic E-state index is 11.2. The number of esters is 1. The largest absolute Gasteiger partial charge is 0.469 e. The second-order valence-electron chi connectivity index (χ2n) is 4.48. The van der Waals surface area contributed by atoms with E-state index in [4.69, 9.17) is 9.26 Å². The van der Waals surface area contributed by atoms with Gasteiger partial charge in [-0.2, -0.15) is 16.7 Å². The monoisotopic (exact) mass is 256 g/mol. The average molecular weight is 256 g/mol. The summed E-state index contributed by atoms with van der Waals surface area (Å²) in [7, 11) is 1.44. The summed E-state index contributed by atoms with van der Waals surface area (Å²) in [6.45, 7) is 1.78. The summed E-state index contributed by atoms with van der Waals surface area (Å²) in [6.07, 6.45) is 2.75. The maximum atomic E-state index is 11.2. The molecule has 1 fully saturated rings. The molecule has 0 atom stereocenters. The van der Waals surface area contributed by atoms with Crippen LogP contribution in [0.15, 0.2) is 4.52 Å². The van der Waals surface area contributed by atoms with E-state index >= 15 is 0 Å². The quantitative estimate of drug-likeness (QED) is 0.725. The lowest BCUT2D eigenvalue weighted by Crippen LogP contribution is -2.13. The first-order valence-electron chi connectivity index (χ1n) is 5.57. The lowest BCUT2D eigenvalue weighted by atomic mass is 10.1. The first kappa shape index (κ1) is 12.4. The van der Waals surface area contributed by atoms with Crippen molar-refractivity contribution in [1.29, 1.82) is 0 Å². The molecular formula is C11H16N2O3S. The predicted molar refractivity (Wildman–Crippen MR) is 63.5 cm³/mol. The summed E-state index contributed by atoms with van der Waals surface area (Å²) in [5.74, 6) is 2.90. The Bertz CT molecular complexity index is 401. The molecule has 17 heavy (non-hydrogen) atoms. The Balaban J connectivity index is 1.73. The summed E-state index contributed by atoms with van der Waals surface area (Å²) in [5.41, 5.74) is 0.163. The third-order valence-corrected chi connectivity index (χ3v) is 4.19. The predicted octanol–water partition coefficient (Wildman–Crippen LogP) is 1.95. The van der Waals surface area contributed by atoms with Crippen LogP contribution in [0.2, 0.25) is 0 Å². The van der Waals surface area contributed by atoms with Gasteiger partial charge in [-0.15, -0.1) is 0 Å². The fraction of sp³-hybridized carbons (Fsp3) is 0.727. The second kappa shape index (κ2) is 5.08. The summed E-state index contributed by atoms with van der Waals surface area (Å²) >= 11 is 1.75. The minimum absolute atomic E-state index is 0.112. The van der Waals surface area contributed by atoms with Gasteiger partial charge in [-0.05, 0) is 24.0 Å². The van der Waals surface area contributed by atoms with Crippen LogP contribution in [0.4, 0.5) is 0 Å². The lowest BCUT2D eigenvalue weighted by Gasteiger charge is -2.11. The van der Waals surface area contributed by atoms with Crippen molar-refractivity contribution >= 4 is 17.7 Å². The minimum atomic E-state index is -0.112. The zero-order valence-electron chi connectivity index (χ0n) is 10.1. The molecule has 0 aliphatic heterocycles. The van der Waals surface area contributed by atoms with Gasteiger partial charge in [-0.1, -0.05) is 5.16 Å². The molecule has 1 heterocycles. The van der Waals surface area contributed by atoms with Gasteiger partial charge >= 0.3 is 5.97 Å². The van der Waals surface area contributed by atoms with E-state index in [2.05, 4.69) is 10.1 Å². The van der Waals surface area contributed by atoms with Crippen LogP contribution in [-0.4, -0.2) is 29.0 Å². The zero-order chi connectivity index (χ0) is 12.3. The van der Waals surface area contributed by atoms with Crippen LogP contribution in [0.25, 0.3) is 0 Å². The molecule has 94 valence electrons. The highest BCUT2D eigenvalue weighted by Gasteiger charge is 2.44. The van der Waals surface area contributed by atoms with Crippen LogP contribution in [0, 0.1) is 12.3 Å². The molecule has 0 amide bonds. The van der Waals surface area contributed by atoms with E-state index in [9.17, 15) is 4.79 Å². The Hall–Kier alpha value is -1.04. The van der Waals surface area contributed by atoms with Gasteiger partial charge in [0, 0.05) is 6.92 Å². The van der Waals surface area contributed by atoms with Crippen LogP contribution < -0.4 is 0 Å². The molecular weight excluding hydrogens is 240 g/mol. The number of carbonyl (C=O) groups is 1. The Kier molecular flexibility index (Phi) is 3.71. The van der Waals surface area contributed by atoms with Gasteiger partial charge in [0.15, 0.2) is 5.82 Å². The van der Waals surface area contributed by atoms with Gasteiger partial charge in [0.25, 0.3) is 0 Å². The summed E-state index contributed by atoms with van der Waals surface area (Å²) in [6, 6.07) is 0. The molecule has 0 bridgehead atoms. The Labute approximate surface area is 104 Å². The van der Waals surface area contributed by atoms with Crippen molar-refractivity contribution in [3.8, 4) is 0 Å². The Morgan fingerprint density at radius 1 is 1.59 bits per heavy atom. The molecule has 0 N–H and O–H groups in total. The first-order valence-corrected chi connectivity index (χ1v) is 6.73. The number of thioether (sulfide) groups is 1. The fourth-order valence-electron chi connectivity index (χ4n) is 1.69. The van der Waals surface area contributed by atoms with Gasteiger partial charge < -0.3 is 9.26 Å². The molecule has 5 nitrogen and oxygen atoms in total. The van der Waals surface area contributed by atoms with E-state index in [-0.39, 0.29) is 11.4 Å². The van der Waals surface area contributed by atoms with Gasteiger partial charge in [0.2, 0.25) is 5.89 Å². The van der Waals surface area contributed by atoms with Gasteiger partial charge in [-0.3, -0.25) is 4.79 Å². The molecule has 0 spiro atoms. The third-order valence-electron chi connectivity index (χ3n) is 2.91. The van der Waals surface area contributed by atoms with E-state index in [1.807, 2.05) is 0 Å². The number of aromatic nitrogens is 2. The molecule has 2 rings (SSSR count). The highest BCUT2D eigenvalue weighted by Crippen LogP contribution is 2.51. The number of ether oxygens (including phenoxy) is 1. The molecule has 0 unspecified atom stereocenters. The molecule has 0 aromatic carbocycles. The fourth-order valence-corrected chi connectivity index (χ4v) is 2.91. The van der Waals surface area contributed by atoms with E-state index in [0.29, 0.717) is 12.3 Å². The molecule has 1 aliphatic carbocycles. The summed E-state index contributed by atoms with van der Waals surface area (Å²) in [5, 5.41) is 3.83. The highest BCUT2D eigenvalue weighted by molar-refractivity contribution is 7.98.